The van der Waals surface area contributed by atoms with Gasteiger partial charge in [-0.1, -0.05) is 13.8 Å². The Morgan fingerprint density at radius 1 is 1.37 bits per heavy atom. The maximum absolute atomic E-state index is 12.8. The normalized spacial score (nSPS) is 19.3. The molecule has 1 unspecified atom stereocenters. The summed E-state index contributed by atoms with van der Waals surface area (Å²) < 4.78 is 43.3. The smallest absolute Gasteiger partial charge is 0.416 e. The van der Waals surface area contributed by atoms with E-state index >= 15 is 0 Å². The number of aliphatic hydroxyl groups is 1. The second-order valence-corrected chi connectivity index (χ2v) is 7.17. The summed E-state index contributed by atoms with van der Waals surface area (Å²) in [5, 5.41) is 28.6. The Morgan fingerprint density at radius 2 is 2.00 bits per heavy atom. The van der Waals surface area contributed by atoms with Crippen molar-refractivity contribution in [3.8, 4) is 0 Å². The molecule has 0 amide bonds. The van der Waals surface area contributed by atoms with Crippen molar-refractivity contribution >= 4 is 23.1 Å². The molecule has 1 aromatic rings. The summed E-state index contributed by atoms with van der Waals surface area (Å²) in [4.78, 5) is 34.6. The van der Waals surface area contributed by atoms with E-state index in [1.165, 1.54) is 0 Å². The summed E-state index contributed by atoms with van der Waals surface area (Å²) in [7, 11) is 0. The van der Waals surface area contributed by atoms with Crippen LogP contribution in [0.25, 0.3) is 0 Å². The van der Waals surface area contributed by atoms with E-state index in [0.717, 1.165) is 6.07 Å². The van der Waals surface area contributed by atoms with Gasteiger partial charge < -0.3 is 9.84 Å². The Morgan fingerprint density at radius 3 is 2.53 bits per heavy atom. The number of hydrogen-bond donors (Lipinski definition) is 1. The average Bonchev–Trinajstić information content (AvgIpc) is 2.59. The lowest BCUT2D eigenvalue weighted by Gasteiger charge is -2.35. The lowest BCUT2D eigenvalue weighted by molar-refractivity contribution is -0.384. The number of ether oxygens (including phenoxy) is 1. The largest absolute Gasteiger partial charge is 0.509 e. The zero-order valence-corrected chi connectivity index (χ0v) is 16.2. The van der Waals surface area contributed by atoms with Crippen molar-refractivity contribution < 1.29 is 37.5 Å². The maximum atomic E-state index is 12.8. The zero-order valence-electron chi connectivity index (χ0n) is 16.2. The highest BCUT2D eigenvalue weighted by Gasteiger charge is 2.47. The molecular formula is C18H18F3N3O6. The molecule has 0 radical (unpaired) electrons. The molecule has 0 saturated carbocycles. The highest BCUT2D eigenvalue weighted by atomic mass is 19.4. The number of allylic oxidation sites excluding steroid dienone is 1. The molecule has 1 atom stereocenters. The number of nitro benzene ring substituents is 1. The molecule has 9 nitrogen and oxygen atoms in total. The number of nitrogens with zero attached hydrogens (tertiary/aromatic N) is 3. The third-order valence-electron chi connectivity index (χ3n) is 4.46. The van der Waals surface area contributed by atoms with Gasteiger partial charge in [-0.3, -0.25) is 19.7 Å². The number of hydrogen-bond acceptors (Lipinski definition) is 8. The Balaban J connectivity index is 2.52. The van der Waals surface area contributed by atoms with Gasteiger partial charge in [0.25, 0.3) is 5.69 Å². The number of carbonyl (C=O) groups is 2. The molecule has 1 aliphatic rings. The van der Waals surface area contributed by atoms with Crippen molar-refractivity contribution in [1.29, 1.82) is 0 Å². The van der Waals surface area contributed by atoms with Crippen LogP contribution < -0.4 is 0 Å². The molecule has 30 heavy (non-hydrogen) atoms. The predicted molar refractivity (Wildman–Crippen MR) is 95.8 cm³/mol. The molecule has 1 aromatic carbocycles. The predicted octanol–water partition coefficient (Wildman–Crippen LogP) is 4.65. The number of Topliss-reactive ketones (excluding diaryl/α,β-unsaturated/α-hetero) is 1. The average molecular weight is 429 g/mol. The number of carbonyl (C=O) groups excluding carboxylic acids is 2. The first-order chi connectivity index (χ1) is 13.8. The summed E-state index contributed by atoms with van der Waals surface area (Å²) in [5.74, 6) is -3.42. The molecule has 0 saturated heterocycles. The summed E-state index contributed by atoms with van der Waals surface area (Å²) >= 11 is 0. The van der Waals surface area contributed by atoms with Gasteiger partial charge in [0.1, 0.15) is 11.7 Å². The molecule has 1 N–H and O–H groups in total. The monoisotopic (exact) mass is 429 g/mol. The molecular weight excluding hydrogens is 411 g/mol. The van der Waals surface area contributed by atoms with Gasteiger partial charge in [0.15, 0.2) is 17.2 Å². The Kier molecular flexibility index (Phi) is 6.28. The molecule has 0 spiro atoms. The summed E-state index contributed by atoms with van der Waals surface area (Å²) in [6.07, 6.45) is -5.01. The highest BCUT2D eigenvalue weighted by molar-refractivity contribution is 5.99. The van der Waals surface area contributed by atoms with Crippen molar-refractivity contribution in [2.45, 2.75) is 33.4 Å². The van der Waals surface area contributed by atoms with Crippen LogP contribution in [0.1, 0.15) is 32.8 Å². The molecule has 0 fully saturated rings. The molecule has 2 rings (SSSR count). The number of azo groups is 1. The van der Waals surface area contributed by atoms with Gasteiger partial charge in [-0.15, -0.1) is 10.2 Å². The SMILES string of the molecule is CCOC(=O)C1C(O)=C(N=Nc2ccc(C(F)(F)F)cc2[N+](=O)[O-])C(=O)CC1(C)C. The maximum Gasteiger partial charge on any atom is 0.416 e. The number of ketones is 1. The fourth-order valence-electron chi connectivity index (χ4n) is 3.05. The number of nitro groups is 1. The first-order valence-corrected chi connectivity index (χ1v) is 8.70. The van der Waals surface area contributed by atoms with Gasteiger partial charge >= 0.3 is 12.1 Å². The molecule has 162 valence electrons. The number of benzene rings is 1. The van der Waals surface area contributed by atoms with Crippen LogP contribution in [0.5, 0.6) is 0 Å². The van der Waals surface area contributed by atoms with Gasteiger partial charge in [0.05, 0.1) is 17.1 Å². The zero-order chi connectivity index (χ0) is 22.9. The van der Waals surface area contributed by atoms with Gasteiger partial charge in [0, 0.05) is 12.5 Å². The minimum atomic E-state index is -4.81. The van der Waals surface area contributed by atoms with Gasteiger partial charge in [-0.25, -0.2) is 0 Å². The van der Waals surface area contributed by atoms with Gasteiger partial charge in [-0.05, 0) is 24.5 Å². The molecule has 0 bridgehead atoms. The number of aliphatic hydroxyl groups excluding tert-OH is 1. The van der Waals surface area contributed by atoms with Crippen LogP contribution in [0.15, 0.2) is 39.9 Å². The number of rotatable bonds is 5. The second-order valence-electron chi connectivity index (χ2n) is 7.17. The molecule has 0 aromatic heterocycles. The van der Waals surface area contributed by atoms with Crippen LogP contribution in [0.4, 0.5) is 24.5 Å². The van der Waals surface area contributed by atoms with E-state index in [9.17, 15) is 38.0 Å². The van der Waals surface area contributed by atoms with Crippen molar-refractivity contribution in [3.05, 3.63) is 45.3 Å². The fourth-order valence-corrected chi connectivity index (χ4v) is 3.05. The standard InChI is InChI=1S/C18H18F3N3O6/c1-4-30-16(27)13-15(26)14(12(25)8-17(13,2)3)23-22-10-6-5-9(18(19,20)21)7-11(10)24(28)29/h5-7,13,26H,4,8H2,1-3H3. The summed E-state index contributed by atoms with van der Waals surface area (Å²) in [5.41, 5.74) is -4.40. The van der Waals surface area contributed by atoms with Crippen molar-refractivity contribution in [2.24, 2.45) is 21.6 Å². The van der Waals surface area contributed by atoms with Gasteiger partial charge in [0.2, 0.25) is 0 Å². The van der Waals surface area contributed by atoms with Crippen LogP contribution in [0.2, 0.25) is 0 Å². The van der Waals surface area contributed by atoms with E-state index in [1.54, 1.807) is 20.8 Å². The quantitative estimate of drug-likeness (QED) is 0.314. The molecule has 12 heteroatoms. The minimum absolute atomic E-state index is 0.0290. The molecule has 0 heterocycles. The lowest BCUT2D eigenvalue weighted by Crippen LogP contribution is -2.40. The lowest BCUT2D eigenvalue weighted by atomic mass is 9.70. The summed E-state index contributed by atoms with van der Waals surface area (Å²) in [6.45, 7) is 4.72. The van der Waals surface area contributed by atoms with E-state index in [4.69, 9.17) is 4.74 Å². The van der Waals surface area contributed by atoms with Crippen LogP contribution in [0.3, 0.4) is 0 Å². The van der Waals surface area contributed by atoms with Crippen molar-refractivity contribution in [3.63, 3.8) is 0 Å². The van der Waals surface area contributed by atoms with Crippen LogP contribution >= 0.6 is 0 Å². The Labute approximate surface area is 168 Å². The first-order valence-electron chi connectivity index (χ1n) is 8.70. The van der Waals surface area contributed by atoms with Crippen molar-refractivity contribution in [1.82, 2.24) is 0 Å². The topological polar surface area (TPSA) is 131 Å². The Bertz CT molecular complexity index is 953. The molecule has 1 aliphatic carbocycles. The second kappa shape index (κ2) is 8.20. The van der Waals surface area contributed by atoms with E-state index in [0.29, 0.717) is 6.07 Å². The van der Waals surface area contributed by atoms with E-state index in [1.807, 2.05) is 0 Å². The van der Waals surface area contributed by atoms with Crippen LogP contribution in [-0.2, 0) is 20.5 Å². The first kappa shape index (κ1) is 23.0. The van der Waals surface area contributed by atoms with Crippen LogP contribution in [-0.4, -0.2) is 28.4 Å². The van der Waals surface area contributed by atoms with E-state index in [-0.39, 0.29) is 19.1 Å². The number of alkyl halides is 3. The van der Waals surface area contributed by atoms with Crippen molar-refractivity contribution in [2.75, 3.05) is 6.61 Å². The van der Waals surface area contributed by atoms with E-state index in [2.05, 4.69) is 10.2 Å². The third-order valence-corrected chi connectivity index (χ3v) is 4.46. The Hall–Kier alpha value is -3.31. The third kappa shape index (κ3) is 4.63. The van der Waals surface area contributed by atoms with Crippen LogP contribution in [0, 0.1) is 21.4 Å². The molecule has 0 aliphatic heterocycles. The minimum Gasteiger partial charge on any atom is -0.509 e. The number of halogens is 3. The van der Waals surface area contributed by atoms with Gasteiger partial charge in [-0.2, -0.15) is 13.2 Å². The van der Waals surface area contributed by atoms with E-state index < -0.39 is 62.6 Å². The fraction of sp³-hybridized carbons (Fsp3) is 0.444. The number of esters is 1. The summed E-state index contributed by atoms with van der Waals surface area (Å²) in [6, 6.07) is 1.58. The highest BCUT2D eigenvalue weighted by Crippen LogP contribution is 2.43.